The minimum Gasteiger partial charge on any atom is -0.508 e. The number of carbonyl (C=O) groups excluding carboxylic acids is 3. The molecule has 8 heteroatoms. The molecule has 33 heavy (non-hydrogen) atoms. The van der Waals surface area contributed by atoms with Crippen molar-refractivity contribution in [3.05, 3.63) is 64.7 Å². The molecule has 0 aliphatic carbocycles. The second kappa shape index (κ2) is 11.5. The topological polar surface area (TPSA) is 120 Å². The summed E-state index contributed by atoms with van der Waals surface area (Å²) in [6.07, 6.45) is 0.832. The summed E-state index contributed by atoms with van der Waals surface area (Å²) >= 11 is 0. The first kappa shape index (κ1) is 25.9. The lowest BCUT2D eigenvalue weighted by atomic mass is 9.98. The van der Waals surface area contributed by atoms with Crippen LogP contribution in [0.5, 0.6) is 5.75 Å². The molecule has 178 valence electrons. The molecule has 0 bridgehead atoms. The third-order valence-electron chi connectivity index (χ3n) is 5.27. The number of nitrogens with one attached hydrogen (secondary N) is 4. The second-order valence-electron chi connectivity index (χ2n) is 8.88. The zero-order valence-electron chi connectivity index (χ0n) is 19.9. The minimum absolute atomic E-state index is 0.179. The van der Waals surface area contributed by atoms with Crippen LogP contribution < -0.4 is 21.5 Å². The molecule has 2 rings (SSSR count). The van der Waals surface area contributed by atoms with Gasteiger partial charge in [0.2, 0.25) is 17.7 Å². The van der Waals surface area contributed by atoms with Gasteiger partial charge in [0.1, 0.15) is 11.8 Å². The highest BCUT2D eigenvalue weighted by Gasteiger charge is 2.25. The molecule has 0 saturated carbocycles. The molecule has 0 saturated heterocycles. The molecule has 0 aliphatic rings. The summed E-state index contributed by atoms with van der Waals surface area (Å²) in [5.74, 6) is -0.600. The fourth-order valence-electron chi connectivity index (χ4n) is 3.51. The van der Waals surface area contributed by atoms with E-state index in [1.165, 1.54) is 6.92 Å². The number of amides is 3. The fraction of sp³-hybridized carbons (Fsp3) is 0.400. The number of carbonyl (C=O) groups is 3. The van der Waals surface area contributed by atoms with Crippen LogP contribution in [-0.2, 0) is 20.8 Å². The zero-order chi connectivity index (χ0) is 24.6. The molecule has 0 unspecified atom stereocenters. The highest BCUT2D eigenvalue weighted by atomic mass is 16.3. The molecule has 2 aromatic carbocycles. The number of hydrazine groups is 1. The van der Waals surface area contributed by atoms with Crippen LogP contribution >= 0.6 is 0 Å². The molecule has 1 atom stereocenters. The summed E-state index contributed by atoms with van der Waals surface area (Å²) in [5.41, 5.74) is 8.66. The zero-order valence-corrected chi connectivity index (χ0v) is 19.9. The maximum absolute atomic E-state index is 12.8. The van der Waals surface area contributed by atoms with E-state index in [1.54, 1.807) is 36.4 Å². The summed E-state index contributed by atoms with van der Waals surface area (Å²) < 4.78 is 0. The van der Waals surface area contributed by atoms with Crippen molar-refractivity contribution >= 4 is 17.7 Å². The van der Waals surface area contributed by atoms with Crippen molar-refractivity contribution in [3.8, 4) is 5.75 Å². The Bertz CT molecular complexity index is 966. The minimum atomic E-state index is -0.800. The molecule has 0 radical (unpaired) electrons. The van der Waals surface area contributed by atoms with Gasteiger partial charge in [0.15, 0.2) is 0 Å². The van der Waals surface area contributed by atoms with Crippen molar-refractivity contribution in [2.75, 3.05) is 6.54 Å². The smallest absolute Gasteiger partial charge is 0.247 e. The Morgan fingerprint density at radius 1 is 1.03 bits per heavy atom. The van der Waals surface area contributed by atoms with E-state index in [0.29, 0.717) is 12.0 Å². The maximum Gasteiger partial charge on any atom is 0.247 e. The fourth-order valence-corrected chi connectivity index (χ4v) is 3.51. The van der Waals surface area contributed by atoms with Crippen LogP contribution in [0.15, 0.2) is 42.5 Å². The standard InChI is InChI=1S/C25H34N4O4/c1-16-13-20(31)14-17(2)21(16)11-12-22(32)28-29-25(4,5)15-26-24(33)23(27-18(3)30)19-9-7-6-8-10-19/h6-10,13-14,23,29,31H,11-12,15H2,1-5H3,(H,26,33)(H,27,30)(H,28,32)/t23-/m0/s1. The van der Waals surface area contributed by atoms with E-state index in [-0.39, 0.29) is 36.4 Å². The Labute approximate surface area is 195 Å². The number of rotatable bonds is 10. The largest absolute Gasteiger partial charge is 0.508 e. The summed E-state index contributed by atoms with van der Waals surface area (Å²) in [7, 11) is 0. The summed E-state index contributed by atoms with van der Waals surface area (Å²) in [4.78, 5) is 36.7. The van der Waals surface area contributed by atoms with Gasteiger partial charge in [-0.3, -0.25) is 19.8 Å². The maximum atomic E-state index is 12.8. The number of phenolic OH excluding ortho intramolecular Hbond substituents is 1. The van der Waals surface area contributed by atoms with Crippen LogP contribution in [0, 0.1) is 13.8 Å². The molecule has 0 aliphatic heterocycles. The predicted molar refractivity (Wildman–Crippen MR) is 127 cm³/mol. The molecule has 0 aromatic heterocycles. The first-order valence-electron chi connectivity index (χ1n) is 10.9. The third-order valence-corrected chi connectivity index (χ3v) is 5.27. The van der Waals surface area contributed by atoms with Crippen LogP contribution in [0.25, 0.3) is 0 Å². The van der Waals surface area contributed by atoms with Crippen molar-refractivity contribution in [2.24, 2.45) is 0 Å². The lowest BCUT2D eigenvalue weighted by molar-refractivity contribution is -0.128. The van der Waals surface area contributed by atoms with Gasteiger partial charge in [0, 0.05) is 25.4 Å². The molecule has 0 fully saturated rings. The van der Waals surface area contributed by atoms with Gasteiger partial charge in [-0.15, -0.1) is 0 Å². The van der Waals surface area contributed by atoms with Crippen LogP contribution in [-0.4, -0.2) is 34.9 Å². The lowest BCUT2D eigenvalue weighted by Gasteiger charge is -2.28. The van der Waals surface area contributed by atoms with Gasteiger partial charge < -0.3 is 15.7 Å². The van der Waals surface area contributed by atoms with Crippen molar-refractivity contribution in [3.63, 3.8) is 0 Å². The Morgan fingerprint density at radius 3 is 2.21 bits per heavy atom. The van der Waals surface area contributed by atoms with Gasteiger partial charge in [-0.05, 0) is 68.5 Å². The number of hydrogen-bond acceptors (Lipinski definition) is 5. The van der Waals surface area contributed by atoms with E-state index in [2.05, 4.69) is 21.5 Å². The number of aromatic hydroxyl groups is 1. The van der Waals surface area contributed by atoms with Gasteiger partial charge in [0.05, 0.1) is 0 Å². The number of benzene rings is 2. The first-order valence-corrected chi connectivity index (χ1v) is 10.9. The predicted octanol–water partition coefficient (Wildman–Crippen LogP) is 2.33. The van der Waals surface area contributed by atoms with E-state index in [0.717, 1.165) is 16.7 Å². The molecule has 8 nitrogen and oxygen atoms in total. The van der Waals surface area contributed by atoms with Crippen molar-refractivity contribution in [2.45, 2.75) is 59.0 Å². The normalized spacial score (nSPS) is 12.0. The quantitative estimate of drug-likeness (QED) is 0.353. The molecular weight excluding hydrogens is 420 g/mol. The first-order chi connectivity index (χ1) is 15.5. The average Bonchev–Trinajstić information content (AvgIpc) is 2.74. The Kier molecular flexibility index (Phi) is 8.99. The molecule has 2 aromatic rings. The Hall–Kier alpha value is -3.39. The SMILES string of the molecule is CC(=O)N[C@H](C(=O)NCC(C)(C)NNC(=O)CCc1c(C)cc(O)cc1C)c1ccccc1. The highest BCUT2D eigenvalue weighted by Crippen LogP contribution is 2.22. The van der Waals surface area contributed by atoms with E-state index < -0.39 is 11.6 Å². The van der Waals surface area contributed by atoms with E-state index in [1.807, 2.05) is 33.8 Å². The summed E-state index contributed by atoms with van der Waals surface area (Å²) in [6, 6.07) is 11.6. The van der Waals surface area contributed by atoms with Gasteiger partial charge in [-0.25, -0.2) is 5.43 Å². The highest BCUT2D eigenvalue weighted by molar-refractivity contribution is 5.88. The number of phenols is 1. The van der Waals surface area contributed by atoms with Gasteiger partial charge >= 0.3 is 0 Å². The monoisotopic (exact) mass is 454 g/mol. The lowest BCUT2D eigenvalue weighted by Crippen LogP contribution is -2.57. The molecule has 0 spiro atoms. The molecule has 3 amide bonds. The van der Waals surface area contributed by atoms with E-state index in [9.17, 15) is 19.5 Å². The second-order valence-corrected chi connectivity index (χ2v) is 8.88. The van der Waals surface area contributed by atoms with Crippen LogP contribution in [0.4, 0.5) is 0 Å². The van der Waals surface area contributed by atoms with Crippen LogP contribution in [0.3, 0.4) is 0 Å². The molecular formula is C25H34N4O4. The van der Waals surface area contributed by atoms with E-state index >= 15 is 0 Å². The van der Waals surface area contributed by atoms with Crippen molar-refractivity contribution in [1.82, 2.24) is 21.5 Å². The third kappa shape index (κ3) is 8.23. The van der Waals surface area contributed by atoms with Crippen molar-refractivity contribution in [1.29, 1.82) is 0 Å². The van der Waals surface area contributed by atoms with Crippen molar-refractivity contribution < 1.29 is 19.5 Å². The van der Waals surface area contributed by atoms with Crippen LogP contribution in [0.1, 0.15) is 55.5 Å². The average molecular weight is 455 g/mol. The molecule has 0 heterocycles. The summed E-state index contributed by atoms with van der Waals surface area (Å²) in [5, 5.41) is 15.2. The Morgan fingerprint density at radius 2 is 1.64 bits per heavy atom. The van der Waals surface area contributed by atoms with E-state index in [4.69, 9.17) is 0 Å². The van der Waals surface area contributed by atoms with Gasteiger partial charge in [-0.2, -0.15) is 0 Å². The number of hydrogen-bond donors (Lipinski definition) is 5. The van der Waals surface area contributed by atoms with Gasteiger partial charge in [0.25, 0.3) is 0 Å². The Balaban J connectivity index is 1.86. The molecule has 5 N–H and O–H groups in total. The van der Waals surface area contributed by atoms with Crippen LogP contribution in [0.2, 0.25) is 0 Å². The summed E-state index contributed by atoms with van der Waals surface area (Å²) in [6.45, 7) is 9.10. The van der Waals surface area contributed by atoms with Gasteiger partial charge in [-0.1, -0.05) is 30.3 Å². The number of aryl methyl sites for hydroxylation is 2.